The lowest BCUT2D eigenvalue weighted by molar-refractivity contribution is 0.174. The van der Waals surface area contributed by atoms with Crippen LogP contribution in [-0.2, 0) is 13.1 Å². The summed E-state index contributed by atoms with van der Waals surface area (Å²) in [5.41, 5.74) is 2.32. The average Bonchev–Trinajstić information content (AvgIpc) is 2.98. The van der Waals surface area contributed by atoms with Crippen LogP contribution < -0.4 is 14.8 Å². The van der Waals surface area contributed by atoms with Crippen molar-refractivity contribution in [2.45, 2.75) is 13.1 Å². The van der Waals surface area contributed by atoms with Gasteiger partial charge in [-0.15, -0.1) is 0 Å². The monoisotopic (exact) mass is 231 g/mol. The van der Waals surface area contributed by atoms with Crippen LogP contribution in [0.5, 0.6) is 11.5 Å². The number of hydrogen-bond acceptors (Lipinski definition) is 4. The fourth-order valence-electron chi connectivity index (χ4n) is 1.78. The summed E-state index contributed by atoms with van der Waals surface area (Å²) in [6.45, 7) is 1.91. The largest absolute Gasteiger partial charge is 0.454 e. The summed E-state index contributed by atoms with van der Waals surface area (Å²) in [7, 11) is 0. The molecule has 2 N–H and O–H groups in total. The quantitative estimate of drug-likeness (QED) is 0.835. The first-order valence-electron chi connectivity index (χ1n) is 5.49. The van der Waals surface area contributed by atoms with E-state index in [1.54, 1.807) is 0 Å². The van der Waals surface area contributed by atoms with E-state index in [1.807, 2.05) is 30.6 Å². The van der Waals surface area contributed by atoms with E-state index in [4.69, 9.17) is 9.47 Å². The Kier molecular flexibility index (Phi) is 2.67. The molecule has 0 bridgehead atoms. The van der Waals surface area contributed by atoms with Crippen molar-refractivity contribution in [1.82, 2.24) is 15.5 Å². The number of hydrogen-bond donors (Lipinski definition) is 2. The molecule has 0 amide bonds. The Morgan fingerprint density at radius 3 is 2.94 bits per heavy atom. The van der Waals surface area contributed by atoms with Crippen LogP contribution in [0.4, 0.5) is 0 Å². The molecule has 0 fully saturated rings. The highest BCUT2D eigenvalue weighted by molar-refractivity contribution is 5.44. The zero-order chi connectivity index (χ0) is 11.5. The van der Waals surface area contributed by atoms with Gasteiger partial charge < -0.3 is 14.8 Å². The molecule has 0 aliphatic carbocycles. The van der Waals surface area contributed by atoms with Gasteiger partial charge in [0.1, 0.15) is 0 Å². The molecule has 0 radical (unpaired) electrons. The van der Waals surface area contributed by atoms with Crippen molar-refractivity contribution in [2.75, 3.05) is 6.79 Å². The van der Waals surface area contributed by atoms with Gasteiger partial charge in [-0.05, 0) is 17.7 Å². The summed E-state index contributed by atoms with van der Waals surface area (Å²) in [5.74, 6) is 1.65. The molecule has 1 aliphatic heterocycles. The highest BCUT2D eigenvalue weighted by Gasteiger charge is 2.12. The SMILES string of the molecule is c1cc2c(cc1CNCc1cn[nH]c1)OCO2. The molecule has 2 aromatic rings. The van der Waals surface area contributed by atoms with Crippen LogP contribution in [0, 0.1) is 0 Å². The minimum absolute atomic E-state index is 0.321. The molecule has 5 nitrogen and oxygen atoms in total. The van der Waals surface area contributed by atoms with Gasteiger partial charge in [0.05, 0.1) is 6.20 Å². The van der Waals surface area contributed by atoms with Crippen molar-refractivity contribution < 1.29 is 9.47 Å². The molecule has 17 heavy (non-hydrogen) atoms. The lowest BCUT2D eigenvalue weighted by Crippen LogP contribution is -2.12. The van der Waals surface area contributed by atoms with Crippen molar-refractivity contribution in [3.8, 4) is 11.5 Å². The fourth-order valence-corrected chi connectivity index (χ4v) is 1.78. The Morgan fingerprint density at radius 2 is 2.06 bits per heavy atom. The number of nitrogens with one attached hydrogen (secondary N) is 2. The van der Waals surface area contributed by atoms with Crippen LogP contribution >= 0.6 is 0 Å². The number of rotatable bonds is 4. The molecular formula is C12H13N3O2. The first kappa shape index (κ1) is 10.2. The summed E-state index contributed by atoms with van der Waals surface area (Å²) in [5, 5.41) is 10.0. The standard InChI is InChI=1S/C12H13N3O2/c1-2-11-12(17-8-16-11)3-9(1)4-13-5-10-6-14-15-7-10/h1-3,6-7,13H,4-5,8H2,(H,14,15). The van der Waals surface area contributed by atoms with Crippen LogP contribution in [0.15, 0.2) is 30.6 Å². The molecule has 0 atom stereocenters. The Labute approximate surface area is 98.8 Å². The first-order valence-corrected chi connectivity index (χ1v) is 5.49. The Morgan fingerprint density at radius 1 is 1.18 bits per heavy atom. The van der Waals surface area contributed by atoms with Gasteiger partial charge in [-0.1, -0.05) is 6.07 Å². The van der Waals surface area contributed by atoms with Gasteiger partial charge in [-0.3, -0.25) is 5.10 Å². The van der Waals surface area contributed by atoms with Gasteiger partial charge in [0.15, 0.2) is 11.5 Å². The van der Waals surface area contributed by atoms with E-state index >= 15 is 0 Å². The average molecular weight is 231 g/mol. The van der Waals surface area contributed by atoms with Crippen LogP contribution in [-0.4, -0.2) is 17.0 Å². The lowest BCUT2D eigenvalue weighted by Gasteiger charge is -2.04. The first-order chi connectivity index (χ1) is 8.42. The molecule has 2 heterocycles. The number of aromatic amines is 1. The third-order valence-corrected chi connectivity index (χ3v) is 2.65. The number of benzene rings is 1. The van der Waals surface area contributed by atoms with E-state index in [2.05, 4.69) is 15.5 Å². The second-order valence-electron chi connectivity index (χ2n) is 3.90. The van der Waals surface area contributed by atoms with Gasteiger partial charge >= 0.3 is 0 Å². The molecule has 1 aromatic heterocycles. The topological polar surface area (TPSA) is 59.2 Å². The van der Waals surface area contributed by atoms with E-state index in [0.717, 1.165) is 30.2 Å². The predicted molar refractivity (Wildman–Crippen MR) is 61.7 cm³/mol. The van der Waals surface area contributed by atoms with Crippen molar-refractivity contribution >= 4 is 0 Å². The minimum Gasteiger partial charge on any atom is -0.454 e. The zero-order valence-electron chi connectivity index (χ0n) is 9.27. The molecule has 0 spiro atoms. The number of aromatic nitrogens is 2. The lowest BCUT2D eigenvalue weighted by atomic mass is 10.2. The Balaban J connectivity index is 1.58. The van der Waals surface area contributed by atoms with E-state index in [-0.39, 0.29) is 0 Å². The maximum absolute atomic E-state index is 5.33. The zero-order valence-corrected chi connectivity index (χ0v) is 9.27. The molecule has 1 aromatic carbocycles. The summed E-state index contributed by atoms with van der Waals surface area (Å²) in [4.78, 5) is 0. The van der Waals surface area contributed by atoms with Crippen LogP contribution in [0.25, 0.3) is 0 Å². The van der Waals surface area contributed by atoms with Crippen molar-refractivity contribution in [1.29, 1.82) is 0 Å². The molecule has 88 valence electrons. The third-order valence-electron chi connectivity index (χ3n) is 2.65. The summed E-state index contributed by atoms with van der Waals surface area (Å²) in [6.07, 6.45) is 3.69. The van der Waals surface area contributed by atoms with Crippen LogP contribution in [0.1, 0.15) is 11.1 Å². The third kappa shape index (κ3) is 2.24. The molecule has 1 aliphatic rings. The highest BCUT2D eigenvalue weighted by atomic mass is 16.7. The predicted octanol–water partition coefficient (Wildman–Crippen LogP) is 1.43. The van der Waals surface area contributed by atoms with Gasteiger partial charge in [0.25, 0.3) is 0 Å². The van der Waals surface area contributed by atoms with Gasteiger partial charge in [0.2, 0.25) is 6.79 Å². The van der Waals surface area contributed by atoms with Gasteiger partial charge in [-0.25, -0.2) is 0 Å². The van der Waals surface area contributed by atoms with Crippen LogP contribution in [0.3, 0.4) is 0 Å². The second-order valence-corrected chi connectivity index (χ2v) is 3.90. The van der Waals surface area contributed by atoms with Crippen molar-refractivity contribution in [2.24, 2.45) is 0 Å². The molecular weight excluding hydrogens is 218 g/mol. The highest BCUT2D eigenvalue weighted by Crippen LogP contribution is 2.32. The number of ether oxygens (including phenoxy) is 2. The maximum Gasteiger partial charge on any atom is 0.231 e. The molecule has 3 rings (SSSR count). The van der Waals surface area contributed by atoms with E-state index < -0.39 is 0 Å². The Bertz CT molecular complexity index is 496. The van der Waals surface area contributed by atoms with Gasteiger partial charge in [0, 0.05) is 24.8 Å². The number of fused-ring (bicyclic) bond motifs is 1. The van der Waals surface area contributed by atoms with Crippen molar-refractivity contribution in [3.63, 3.8) is 0 Å². The molecule has 5 heteroatoms. The summed E-state index contributed by atoms with van der Waals surface area (Å²) < 4.78 is 10.6. The van der Waals surface area contributed by atoms with E-state index in [0.29, 0.717) is 6.79 Å². The minimum atomic E-state index is 0.321. The maximum atomic E-state index is 5.33. The summed E-state index contributed by atoms with van der Waals surface area (Å²) in [6, 6.07) is 5.98. The number of H-pyrrole nitrogens is 1. The second kappa shape index (κ2) is 4.47. The number of nitrogens with zero attached hydrogens (tertiary/aromatic N) is 1. The fraction of sp³-hybridized carbons (Fsp3) is 0.250. The van der Waals surface area contributed by atoms with Crippen molar-refractivity contribution in [3.05, 3.63) is 41.7 Å². The normalized spacial score (nSPS) is 12.9. The smallest absolute Gasteiger partial charge is 0.231 e. The molecule has 0 unspecified atom stereocenters. The molecule has 0 saturated heterocycles. The van der Waals surface area contributed by atoms with E-state index in [1.165, 1.54) is 5.56 Å². The molecule has 0 saturated carbocycles. The summed E-state index contributed by atoms with van der Waals surface area (Å²) >= 11 is 0. The van der Waals surface area contributed by atoms with E-state index in [9.17, 15) is 0 Å². The van der Waals surface area contributed by atoms with Gasteiger partial charge in [-0.2, -0.15) is 5.10 Å². The Hall–Kier alpha value is -2.01. The van der Waals surface area contributed by atoms with Crippen LogP contribution in [0.2, 0.25) is 0 Å².